The average molecular weight is 425 g/mol. The van der Waals surface area contributed by atoms with E-state index in [-0.39, 0.29) is 11.9 Å². The summed E-state index contributed by atoms with van der Waals surface area (Å²) >= 11 is 5.02. The number of rotatable bonds is 5. The molecule has 2 unspecified atom stereocenters. The Morgan fingerprint density at radius 3 is 2.95 bits per heavy atom. The van der Waals surface area contributed by atoms with Crippen molar-refractivity contribution >= 4 is 48.7 Å². The minimum Gasteiger partial charge on any atom is -0.392 e. The van der Waals surface area contributed by atoms with Crippen molar-refractivity contribution in [1.82, 2.24) is 0 Å². The molecule has 2 rings (SSSR count). The van der Waals surface area contributed by atoms with E-state index >= 15 is 0 Å². The van der Waals surface area contributed by atoms with Gasteiger partial charge in [0.1, 0.15) is 6.10 Å². The molecular formula is C13H15Br2NO3S. The Morgan fingerprint density at radius 2 is 2.30 bits per heavy atom. The van der Waals surface area contributed by atoms with E-state index in [1.165, 1.54) is 0 Å². The van der Waals surface area contributed by atoms with Gasteiger partial charge >= 0.3 is 0 Å². The van der Waals surface area contributed by atoms with Gasteiger partial charge in [-0.2, -0.15) is 0 Å². The molecule has 110 valence electrons. The van der Waals surface area contributed by atoms with Crippen molar-refractivity contribution in [2.45, 2.75) is 31.6 Å². The number of hydrogen-bond acceptors (Lipinski definition) is 3. The molecule has 0 fully saturated rings. The third-order valence-electron chi connectivity index (χ3n) is 3.22. The molecule has 1 N–H and O–H groups in total. The van der Waals surface area contributed by atoms with Crippen LogP contribution in [0.5, 0.6) is 0 Å². The van der Waals surface area contributed by atoms with Crippen molar-refractivity contribution in [1.29, 1.82) is 0 Å². The molecule has 1 heterocycles. The molecule has 1 aliphatic heterocycles. The predicted molar refractivity (Wildman–Crippen MR) is 87.8 cm³/mol. The largest absolute Gasteiger partial charge is 0.392 e. The van der Waals surface area contributed by atoms with E-state index < -0.39 is 11.1 Å². The van der Waals surface area contributed by atoms with Crippen LogP contribution in [0, 0.1) is 6.92 Å². The minimum atomic E-state index is -1.87. The van der Waals surface area contributed by atoms with Crippen molar-refractivity contribution < 1.29 is 13.6 Å². The van der Waals surface area contributed by atoms with Crippen molar-refractivity contribution in [3.63, 3.8) is 0 Å². The van der Waals surface area contributed by atoms with Gasteiger partial charge in [-0.25, -0.2) is 4.21 Å². The molecule has 20 heavy (non-hydrogen) atoms. The second kappa shape index (κ2) is 7.15. The number of nitrogens with zero attached hydrogens (tertiary/aromatic N) is 1. The van der Waals surface area contributed by atoms with Crippen LogP contribution in [-0.4, -0.2) is 25.9 Å². The third-order valence-corrected chi connectivity index (χ3v) is 5.09. The number of benzene rings is 1. The first kappa shape index (κ1) is 16.1. The molecule has 1 aromatic carbocycles. The van der Waals surface area contributed by atoms with E-state index in [9.17, 15) is 4.21 Å². The van der Waals surface area contributed by atoms with E-state index in [0.717, 1.165) is 45.0 Å². The molecule has 1 aromatic rings. The smallest absolute Gasteiger partial charge is 0.157 e. The highest BCUT2D eigenvalue weighted by atomic mass is 79.9. The summed E-state index contributed by atoms with van der Waals surface area (Å²) in [5, 5.41) is 5.04. The molecule has 0 aliphatic carbocycles. The van der Waals surface area contributed by atoms with Gasteiger partial charge in [0.25, 0.3) is 0 Å². The maximum Gasteiger partial charge on any atom is 0.157 e. The Kier molecular flexibility index (Phi) is 5.77. The number of hydrogen-bond donors (Lipinski definition) is 1. The van der Waals surface area contributed by atoms with E-state index in [1.807, 2.05) is 19.1 Å². The van der Waals surface area contributed by atoms with Gasteiger partial charge in [0.15, 0.2) is 11.1 Å². The van der Waals surface area contributed by atoms with Gasteiger partial charge in [0, 0.05) is 21.8 Å². The standard InChI is InChI=1S/C13H15Br2NO3S/c1-8-11(15)3-2-9(7-20(17)18)13(8)12-6-10(4-5-14)19-16-12/h2-3,10H,4-7H2,1H3,(H,17,18). The SMILES string of the molecule is Cc1c(Br)ccc(CS(=O)O)c1C1=NOC(CCBr)C1. The number of halogens is 2. The van der Waals surface area contributed by atoms with Gasteiger partial charge in [-0.05, 0) is 30.5 Å². The van der Waals surface area contributed by atoms with Gasteiger partial charge in [0.05, 0.1) is 11.5 Å². The molecule has 7 heteroatoms. The van der Waals surface area contributed by atoms with Crippen molar-refractivity contribution in [3.05, 3.63) is 33.3 Å². The van der Waals surface area contributed by atoms with Crippen LogP contribution in [0.1, 0.15) is 29.5 Å². The zero-order chi connectivity index (χ0) is 14.7. The van der Waals surface area contributed by atoms with Crippen LogP contribution in [0.2, 0.25) is 0 Å². The molecule has 0 saturated carbocycles. The van der Waals surface area contributed by atoms with Crippen LogP contribution in [0.15, 0.2) is 21.8 Å². The van der Waals surface area contributed by atoms with E-state index in [0.29, 0.717) is 0 Å². The third kappa shape index (κ3) is 3.69. The molecule has 0 radical (unpaired) electrons. The summed E-state index contributed by atoms with van der Waals surface area (Å²) in [7, 11) is 0. The zero-order valence-corrected chi connectivity index (χ0v) is 14.9. The summed E-state index contributed by atoms with van der Waals surface area (Å²) in [6.45, 7) is 1.98. The monoisotopic (exact) mass is 423 g/mol. The highest BCUT2D eigenvalue weighted by Gasteiger charge is 2.25. The lowest BCUT2D eigenvalue weighted by Gasteiger charge is -2.12. The Bertz CT molecular complexity index is 563. The van der Waals surface area contributed by atoms with Crippen LogP contribution in [0.25, 0.3) is 0 Å². The Balaban J connectivity index is 2.35. The minimum absolute atomic E-state index is 0.0789. The Labute approximate surface area is 137 Å². The quantitative estimate of drug-likeness (QED) is 0.578. The number of oxime groups is 1. The fourth-order valence-corrected chi connectivity index (χ4v) is 3.60. The van der Waals surface area contributed by atoms with E-state index in [2.05, 4.69) is 37.0 Å². The van der Waals surface area contributed by atoms with Crippen LogP contribution in [0.3, 0.4) is 0 Å². The summed E-state index contributed by atoms with van der Waals surface area (Å²) in [6, 6.07) is 3.76. The summed E-state index contributed by atoms with van der Waals surface area (Å²) in [6.07, 6.45) is 1.70. The number of alkyl halides is 1. The van der Waals surface area contributed by atoms with Crippen LogP contribution in [-0.2, 0) is 21.7 Å². The maximum absolute atomic E-state index is 11.1. The second-order valence-corrected chi connectivity index (χ2v) is 7.20. The summed E-state index contributed by atoms with van der Waals surface area (Å²) in [5.41, 5.74) is 3.64. The topological polar surface area (TPSA) is 58.9 Å². The fraction of sp³-hybridized carbons (Fsp3) is 0.462. The predicted octanol–water partition coefficient (Wildman–Crippen LogP) is 3.76. The van der Waals surface area contributed by atoms with Gasteiger partial charge in [0.2, 0.25) is 0 Å². The van der Waals surface area contributed by atoms with Crippen LogP contribution in [0.4, 0.5) is 0 Å². The highest BCUT2D eigenvalue weighted by Crippen LogP contribution is 2.29. The van der Waals surface area contributed by atoms with Crippen LogP contribution < -0.4 is 0 Å². The first-order valence-electron chi connectivity index (χ1n) is 6.17. The van der Waals surface area contributed by atoms with Crippen molar-refractivity contribution in [2.75, 3.05) is 5.33 Å². The normalized spacial score (nSPS) is 19.6. The first-order valence-corrected chi connectivity index (χ1v) is 9.36. The van der Waals surface area contributed by atoms with E-state index in [1.54, 1.807) is 0 Å². The first-order chi connectivity index (χ1) is 9.52. The van der Waals surface area contributed by atoms with Crippen molar-refractivity contribution in [2.24, 2.45) is 5.16 Å². The highest BCUT2D eigenvalue weighted by molar-refractivity contribution is 9.10. The lowest BCUT2D eigenvalue weighted by molar-refractivity contribution is 0.0840. The molecular weight excluding hydrogens is 410 g/mol. The molecule has 0 saturated heterocycles. The fourth-order valence-electron chi connectivity index (χ4n) is 2.25. The lowest BCUT2D eigenvalue weighted by Crippen LogP contribution is -2.12. The summed E-state index contributed by atoms with van der Waals surface area (Å²) in [5.74, 6) is 0.103. The van der Waals surface area contributed by atoms with Gasteiger partial charge in [-0.15, -0.1) is 0 Å². The average Bonchev–Trinajstić information content (AvgIpc) is 2.82. The van der Waals surface area contributed by atoms with Crippen molar-refractivity contribution in [3.8, 4) is 0 Å². The Hall–Kier alpha value is -0.240. The molecule has 0 aromatic heterocycles. The molecule has 2 atom stereocenters. The zero-order valence-electron chi connectivity index (χ0n) is 10.9. The maximum atomic E-state index is 11.1. The molecule has 0 bridgehead atoms. The van der Waals surface area contributed by atoms with E-state index in [4.69, 9.17) is 9.39 Å². The molecule has 0 spiro atoms. The van der Waals surface area contributed by atoms with Gasteiger partial charge < -0.3 is 9.39 Å². The summed E-state index contributed by atoms with van der Waals surface area (Å²) < 4.78 is 21.2. The van der Waals surface area contributed by atoms with Gasteiger partial charge in [-0.3, -0.25) is 0 Å². The van der Waals surface area contributed by atoms with Gasteiger partial charge in [-0.1, -0.05) is 43.1 Å². The molecule has 4 nitrogen and oxygen atoms in total. The summed E-state index contributed by atoms with van der Waals surface area (Å²) in [4.78, 5) is 5.42. The molecule has 1 aliphatic rings. The van der Waals surface area contributed by atoms with Crippen LogP contribution >= 0.6 is 31.9 Å². The Morgan fingerprint density at radius 1 is 1.55 bits per heavy atom. The second-order valence-electron chi connectivity index (χ2n) is 4.62. The molecule has 0 amide bonds. The lowest BCUT2D eigenvalue weighted by atomic mass is 9.95.